The molecule has 0 N–H and O–H groups in total. The molecule has 1 aromatic heterocycles. The van der Waals surface area contributed by atoms with Crippen molar-refractivity contribution in [1.82, 2.24) is 14.7 Å². The summed E-state index contributed by atoms with van der Waals surface area (Å²) in [5.41, 5.74) is 0.568. The van der Waals surface area contributed by atoms with E-state index in [-0.39, 0.29) is 5.54 Å². The molecule has 0 unspecified atom stereocenters. The average molecular weight is 261 g/mol. The van der Waals surface area contributed by atoms with Crippen LogP contribution in [0.2, 0.25) is 0 Å². The zero-order chi connectivity index (χ0) is 13.3. The van der Waals surface area contributed by atoms with Gasteiger partial charge in [-0.05, 0) is 38.8 Å². The van der Waals surface area contributed by atoms with Crippen molar-refractivity contribution in [2.45, 2.75) is 50.5 Å². The number of Topliss-reactive ketones (excluding diaryl/α,β-unsaturated/α-hetero) is 1. The molecule has 4 nitrogen and oxygen atoms in total. The van der Waals surface area contributed by atoms with E-state index in [0.29, 0.717) is 5.78 Å². The normalized spacial score (nSPS) is 23.6. The molecular weight excluding hydrogens is 238 g/mol. The van der Waals surface area contributed by atoms with Crippen molar-refractivity contribution < 1.29 is 4.79 Å². The molecule has 2 heterocycles. The second-order valence-corrected chi connectivity index (χ2v) is 6.02. The molecule has 2 fully saturated rings. The molecule has 1 aliphatic carbocycles. The molecule has 3 rings (SSSR count). The number of carbonyl (C=O) groups is 1. The number of likely N-dealkylation sites (tertiary alicyclic amines) is 1. The Balaban J connectivity index is 1.89. The fourth-order valence-electron chi connectivity index (χ4n) is 3.78. The van der Waals surface area contributed by atoms with Crippen LogP contribution in [0.1, 0.15) is 55.3 Å². The van der Waals surface area contributed by atoms with Gasteiger partial charge in [0.25, 0.3) is 0 Å². The quantitative estimate of drug-likeness (QED) is 0.784. The highest BCUT2D eigenvalue weighted by atomic mass is 16.1. The summed E-state index contributed by atoms with van der Waals surface area (Å²) < 4.78 is 1.73. The van der Waals surface area contributed by atoms with Crippen LogP contribution >= 0.6 is 0 Å². The standard InChI is InChI=1S/C15H23N3O/c1-17-12-13(11-16-17)14(19)15(7-3-4-8-15)18-9-5-2-6-10-18/h11-12H,2-10H2,1H3. The Morgan fingerprint density at radius 1 is 1.16 bits per heavy atom. The first-order chi connectivity index (χ1) is 9.22. The molecule has 0 radical (unpaired) electrons. The Morgan fingerprint density at radius 3 is 2.42 bits per heavy atom. The van der Waals surface area contributed by atoms with Gasteiger partial charge < -0.3 is 0 Å². The number of ketones is 1. The van der Waals surface area contributed by atoms with Gasteiger partial charge in [-0.15, -0.1) is 0 Å². The topological polar surface area (TPSA) is 38.1 Å². The fourth-order valence-corrected chi connectivity index (χ4v) is 3.78. The number of piperidine rings is 1. The summed E-state index contributed by atoms with van der Waals surface area (Å²) in [6.45, 7) is 2.18. The summed E-state index contributed by atoms with van der Waals surface area (Å²) in [5, 5.41) is 4.16. The third-order valence-corrected chi connectivity index (χ3v) is 4.78. The predicted molar refractivity (Wildman–Crippen MR) is 74.2 cm³/mol. The molecule has 4 heteroatoms. The minimum Gasteiger partial charge on any atom is -0.292 e. The van der Waals surface area contributed by atoms with Gasteiger partial charge in [-0.25, -0.2) is 0 Å². The molecular formula is C15H23N3O. The number of hydrogen-bond acceptors (Lipinski definition) is 3. The fraction of sp³-hybridized carbons (Fsp3) is 0.733. The van der Waals surface area contributed by atoms with Gasteiger partial charge in [0.05, 0.1) is 17.3 Å². The van der Waals surface area contributed by atoms with Crippen molar-refractivity contribution in [3.8, 4) is 0 Å². The van der Waals surface area contributed by atoms with E-state index >= 15 is 0 Å². The summed E-state index contributed by atoms with van der Waals surface area (Å²) in [4.78, 5) is 15.5. The van der Waals surface area contributed by atoms with Crippen molar-refractivity contribution in [2.24, 2.45) is 7.05 Å². The molecule has 0 amide bonds. The SMILES string of the molecule is Cn1cc(C(=O)C2(N3CCCCC3)CCCC2)cn1. The molecule has 1 saturated heterocycles. The summed E-state index contributed by atoms with van der Waals surface area (Å²) in [6.07, 6.45) is 11.8. The molecule has 2 aliphatic rings. The van der Waals surface area contributed by atoms with Gasteiger partial charge in [-0.3, -0.25) is 14.4 Å². The lowest BCUT2D eigenvalue weighted by Crippen LogP contribution is -2.54. The van der Waals surface area contributed by atoms with Crippen LogP contribution in [0.25, 0.3) is 0 Å². The molecule has 0 spiro atoms. The molecule has 104 valence electrons. The van der Waals surface area contributed by atoms with Crippen LogP contribution in [0.3, 0.4) is 0 Å². The van der Waals surface area contributed by atoms with Gasteiger partial charge in [0.15, 0.2) is 5.78 Å². The Hall–Kier alpha value is -1.16. The van der Waals surface area contributed by atoms with E-state index in [2.05, 4.69) is 10.00 Å². The second kappa shape index (κ2) is 5.08. The van der Waals surface area contributed by atoms with E-state index in [4.69, 9.17) is 0 Å². The summed E-state index contributed by atoms with van der Waals surface area (Å²) >= 11 is 0. The van der Waals surface area contributed by atoms with Crippen LogP contribution in [0.15, 0.2) is 12.4 Å². The maximum absolute atomic E-state index is 13.0. The largest absolute Gasteiger partial charge is 0.292 e. The van der Waals surface area contributed by atoms with E-state index < -0.39 is 0 Å². The average Bonchev–Trinajstić information content (AvgIpc) is 3.08. The lowest BCUT2D eigenvalue weighted by Gasteiger charge is -2.42. The zero-order valence-electron chi connectivity index (χ0n) is 11.8. The Kier molecular flexibility index (Phi) is 3.44. The second-order valence-electron chi connectivity index (χ2n) is 6.02. The van der Waals surface area contributed by atoms with Crippen LogP contribution in [-0.4, -0.2) is 39.1 Å². The van der Waals surface area contributed by atoms with Gasteiger partial charge in [0.2, 0.25) is 0 Å². The van der Waals surface area contributed by atoms with Crippen molar-refractivity contribution >= 4 is 5.78 Å². The van der Waals surface area contributed by atoms with Crippen molar-refractivity contribution in [2.75, 3.05) is 13.1 Å². The molecule has 1 aliphatic heterocycles. The maximum Gasteiger partial charge on any atom is 0.186 e. The van der Waals surface area contributed by atoms with Gasteiger partial charge in [-0.1, -0.05) is 19.3 Å². The highest BCUT2D eigenvalue weighted by Crippen LogP contribution is 2.39. The molecule has 0 aromatic carbocycles. The van der Waals surface area contributed by atoms with Crippen LogP contribution in [0, 0.1) is 0 Å². The van der Waals surface area contributed by atoms with Crippen molar-refractivity contribution in [1.29, 1.82) is 0 Å². The lowest BCUT2D eigenvalue weighted by molar-refractivity contribution is 0.0477. The predicted octanol–water partition coefficient (Wildman–Crippen LogP) is 2.40. The Morgan fingerprint density at radius 2 is 1.84 bits per heavy atom. The van der Waals surface area contributed by atoms with Crippen LogP contribution in [-0.2, 0) is 7.05 Å². The number of hydrogen-bond donors (Lipinski definition) is 0. The number of aromatic nitrogens is 2. The summed E-state index contributed by atoms with van der Waals surface area (Å²) in [7, 11) is 1.87. The van der Waals surface area contributed by atoms with Crippen LogP contribution in [0.5, 0.6) is 0 Å². The first-order valence-electron chi connectivity index (χ1n) is 7.51. The van der Waals surface area contributed by atoms with Gasteiger partial charge in [-0.2, -0.15) is 5.10 Å². The lowest BCUT2D eigenvalue weighted by atomic mass is 9.85. The zero-order valence-corrected chi connectivity index (χ0v) is 11.8. The smallest absolute Gasteiger partial charge is 0.186 e. The first kappa shape index (κ1) is 12.9. The summed E-state index contributed by atoms with van der Waals surface area (Å²) in [5.74, 6) is 0.306. The third-order valence-electron chi connectivity index (χ3n) is 4.78. The highest BCUT2D eigenvalue weighted by Gasteiger charge is 2.46. The molecule has 0 bridgehead atoms. The highest BCUT2D eigenvalue weighted by molar-refractivity contribution is 6.03. The molecule has 19 heavy (non-hydrogen) atoms. The Bertz CT molecular complexity index is 454. The Labute approximate surface area is 114 Å². The van der Waals surface area contributed by atoms with Crippen molar-refractivity contribution in [3.63, 3.8) is 0 Å². The van der Waals surface area contributed by atoms with Crippen molar-refractivity contribution in [3.05, 3.63) is 18.0 Å². The van der Waals surface area contributed by atoms with Gasteiger partial charge in [0, 0.05) is 13.2 Å². The third kappa shape index (κ3) is 2.22. The van der Waals surface area contributed by atoms with Crippen LogP contribution in [0.4, 0.5) is 0 Å². The monoisotopic (exact) mass is 261 g/mol. The minimum absolute atomic E-state index is 0.219. The molecule has 1 saturated carbocycles. The van der Waals surface area contributed by atoms with Crippen LogP contribution < -0.4 is 0 Å². The minimum atomic E-state index is -0.219. The van der Waals surface area contributed by atoms with Gasteiger partial charge >= 0.3 is 0 Å². The van der Waals surface area contributed by atoms with E-state index in [1.807, 2.05) is 13.2 Å². The van der Waals surface area contributed by atoms with E-state index in [1.54, 1.807) is 10.9 Å². The van der Waals surface area contributed by atoms with E-state index in [0.717, 1.165) is 31.5 Å². The number of aryl methyl sites for hydroxylation is 1. The molecule has 0 atom stereocenters. The molecule has 1 aromatic rings. The first-order valence-corrected chi connectivity index (χ1v) is 7.51. The number of nitrogens with zero attached hydrogens (tertiary/aromatic N) is 3. The van der Waals surface area contributed by atoms with E-state index in [9.17, 15) is 4.79 Å². The number of carbonyl (C=O) groups excluding carboxylic acids is 1. The van der Waals surface area contributed by atoms with E-state index in [1.165, 1.54) is 32.1 Å². The van der Waals surface area contributed by atoms with Gasteiger partial charge in [0.1, 0.15) is 0 Å². The number of rotatable bonds is 3. The summed E-state index contributed by atoms with van der Waals surface area (Å²) in [6, 6.07) is 0. The maximum atomic E-state index is 13.0.